The lowest BCUT2D eigenvalue weighted by Gasteiger charge is -2.07. The Balaban J connectivity index is 1.48. The molecule has 0 aliphatic rings. The Morgan fingerprint density at radius 1 is 1.07 bits per heavy atom. The number of carbonyl (C=O) groups is 1. The smallest absolute Gasteiger partial charge is 0.292 e. The van der Waals surface area contributed by atoms with E-state index in [1.165, 1.54) is 12.3 Å². The second kappa shape index (κ2) is 8.61. The summed E-state index contributed by atoms with van der Waals surface area (Å²) >= 11 is 0. The van der Waals surface area contributed by atoms with Crippen LogP contribution in [0.5, 0.6) is 0 Å². The molecular weight excluding hydrogens is 346 g/mol. The minimum Gasteiger partial charge on any atom is -0.378 e. The summed E-state index contributed by atoms with van der Waals surface area (Å²) in [5.74, 6) is -0.237. The third kappa shape index (κ3) is 4.91. The summed E-state index contributed by atoms with van der Waals surface area (Å²) in [6.07, 6.45) is 3.21. The maximum Gasteiger partial charge on any atom is 0.292 e. The summed E-state index contributed by atoms with van der Waals surface area (Å²) in [4.78, 5) is 22.7. The Kier molecular flexibility index (Phi) is 5.78. The number of amides is 1. The van der Waals surface area contributed by atoms with E-state index in [-0.39, 0.29) is 11.6 Å². The number of hydrogen-bond donors (Lipinski definition) is 2. The highest BCUT2D eigenvalue weighted by molar-refractivity contribution is 5.93. The van der Waals surface area contributed by atoms with Gasteiger partial charge in [-0.3, -0.25) is 19.6 Å². The molecule has 0 aliphatic carbocycles. The molecule has 0 saturated carbocycles. The number of nitrogens with zero attached hydrogens (tertiary/aromatic N) is 3. The topological polar surface area (TPSA) is 102 Å². The fourth-order valence-electron chi connectivity index (χ4n) is 2.60. The van der Waals surface area contributed by atoms with Crippen molar-refractivity contribution in [2.75, 3.05) is 18.4 Å². The van der Waals surface area contributed by atoms with Crippen LogP contribution in [-0.2, 0) is 6.54 Å². The zero-order chi connectivity index (χ0) is 19.1. The highest BCUT2D eigenvalue weighted by Gasteiger charge is 2.12. The van der Waals surface area contributed by atoms with E-state index in [4.69, 9.17) is 0 Å². The van der Waals surface area contributed by atoms with Crippen molar-refractivity contribution in [2.45, 2.75) is 6.54 Å². The fraction of sp³-hybridized carbons (Fsp3) is 0.158. The molecule has 0 spiro atoms. The molecule has 1 heterocycles. The Morgan fingerprint density at radius 3 is 2.59 bits per heavy atom. The van der Waals surface area contributed by atoms with Crippen LogP contribution in [0, 0.1) is 10.1 Å². The maximum absolute atomic E-state index is 12.2. The number of para-hydroxylation sites is 2. The minimum atomic E-state index is -0.442. The highest BCUT2D eigenvalue weighted by Crippen LogP contribution is 2.22. The number of nitrogens with one attached hydrogen (secondary N) is 2. The van der Waals surface area contributed by atoms with E-state index in [9.17, 15) is 14.9 Å². The lowest BCUT2D eigenvalue weighted by Crippen LogP contribution is -2.28. The van der Waals surface area contributed by atoms with E-state index in [2.05, 4.69) is 15.7 Å². The first kappa shape index (κ1) is 18.1. The first-order chi connectivity index (χ1) is 13.1. The van der Waals surface area contributed by atoms with Gasteiger partial charge in [-0.2, -0.15) is 5.10 Å². The van der Waals surface area contributed by atoms with Gasteiger partial charge in [0.2, 0.25) is 0 Å². The molecule has 0 unspecified atom stereocenters. The number of hydrogen-bond acceptors (Lipinski definition) is 5. The molecule has 3 aromatic rings. The Bertz CT molecular complexity index is 924. The Morgan fingerprint density at radius 2 is 1.81 bits per heavy atom. The minimum absolute atomic E-state index is 0.00557. The van der Waals surface area contributed by atoms with E-state index >= 15 is 0 Å². The quantitative estimate of drug-likeness (QED) is 0.363. The number of benzene rings is 2. The molecule has 1 amide bonds. The van der Waals surface area contributed by atoms with Gasteiger partial charge in [-0.05, 0) is 11.6 Å². The molecule has 8 nitrogen and oxygen atoms in total. The van der Waals surface area contributed by atoms with Gasteiger partial charge in [0.15, 0.2) is 0 Å². The van der Waals surface area contributed by atoms with Crippen LogP contribution in [0.3, 0.4) is 0 Å². The second-order valence-corrected chi connectivity index (χ2v) is 5.87. The van der Waals surface area contributed by atoms with Crippen molar-refractivity contribution in [3.63, 3.8) is 0 Å². The molecule has 0 aliphatic heterocycles. The van der Waals surface area contributed by atoms with Crippen LogP contribution in [0.2, 0.25) is 0 Å². The van der Waals surface area contributed by atoms with Crippen molar-refractivity contribution in [1.82, 2.24) is 15.1 Å². The van der Waals surface area contributed by atoms with Gasteiger partial charge < -0.3 is 10.6 Å². The van der Waals surface area contributed by atoms with Crippen LogP contribution >= 0.6 is 0 Å². The maximum atomic E-state index is 12.2. The summed E-state index contributed by atoms with van der Waals surface area (Å²) < 4.78 is 1.70. The molecule has 3 rings (SSSR count). The monoisotopic (exact) mass is 365 g/mol. The predicted molar refractivity (Wildman–Crippen MR) is 102 cm³/mol. The largest absolute Gasteiger partial charge is 0.378 e. The number of anilines is 1. The molecule has 1 aromatic heterocycles. The summed E-state index contributed by atoms with van der Waals surface area (Å²) in [6.45, 7) is 1.29. The number of carbonyl (C=O) groups excluding carboxylic acids is 1. The zero-order valence-corrected chi connectivity index (χ0v) is 14.5. The first-order valence-corrected chi connectivity index (χ1v) is 8.45. The van der Waals surface area contributed by atoms with Crippen LogP contribution in [0.25, 0.3) is 0 Å². The van der Waals surface area contributed by atoms with Gasteiger partial charge in [-0.15, -0.1) is 0 Å². The van der Waals surface area contributed by atoms with Crippen LogP contribution in [0.4, 0.5) is 11.4 Å². The Hall–Kier alpha value is -3.68. The standard InChI is InChI=1S/C19H19N5O3/c25-19(16-12-22-23(14-16)13-15-6-2-1-3-7-15)21-11-10-20-17-8-4-5-9-18(17)24(26)27/h1-9,12,14,20H,10-11,13H2,(H,21,25). The number of aromatic nitrogens is 2. The normalized spacial score (nSPS) is 10.4. The van der Waals surface area contributed by atoms with Crippen LogP contribution < -0.4 is 10.6 Å². The lowest BCUT2D eigenvalue weighted by molar-refractivity contribution is -0.384. The van der Waals surface area contributed by atoms with Crippen molar-refractivity contribution in [3.8, 4) is 0 Å². The zero-order valence-electron chi connectivity index (χ0n) is 14.5. The molecule has 0 bridgehead atoms. The van der Waals surface area contributed by atoms with E-state index in [0.717, 1.165) is 5.56 Å². The van der Waals surface area contributed by atoms with E-state index in [1.807, 2.05) is 30.3 Å². The molecule has 2 N–H and O–H groups in total. The first-order valence-electron chi connectivity index (χ1n) is 8.45. The van der Waals surface area contributed by atoms with Gasteiger partial charge in [0.25, 0.3) is 11.6 Å². The van der Waals surface area contributed by atoms with Crippen molar-refractivity contribution >= 4 is 17.3 Å². The molecule has 0 radical (unpaired) electrons. The Labute approximate surface area is 156 Å². The van der Waals surface area contributed by atoms with Gasteiger partial charge in [0, 0.05) is 25.4 Å². The third-order valence-corrected chi connectivity index (χ3v) is 3.91. The molecular formula is C19H19N5O3. The lowest BCUT2D eigenvalue weighted by atomic mass is 10.2. The summed E-state index contributed by atoms with van der Waals surface area (Å²) in [5.41, 5.74) is 2.00. The fourth-order valence-corrected chi connectivity index (χ4v) is 2.60. The molecule has 0 fully saturated rings. The summed E-state index contributed by atoms with van der Waals surface area (Å²) in [5, 5.41) is 20.9. The van der Waals surface area contributed by atoms with Crippen LogP contribution in [0.15, 0.2) is 67.0 Å². The predicted octanol–water partition coefficient (Wildman–Crippen LogP) is 2.68. The van der Waals surface area contributed by atoms with Gasteiger partial charge in [0.1, 0.15) is 5.69 Å². The van der Waals surface area contributed by atoms with E-state index < -0.39 is 4.92 Å². The number of rotatable bonds is 8. The van der Waals surface area contributed by atoms with Crippen LogP contribution in [-0.4, -0.2) is 33.7 Å². The average molecular weight is 365 g/mol. The van der Waals surface area contributed by atoms with E-state index in [1.54, 1.807) is 29.1 Å². The van der Waals surface area contributed by atoms with E-state index in [0.29, 0.717) is 30.9 Å². The van der Waals surface area contributed by atoms with Crippen molar-refractivity contribution in [3.05, 3.63) is 88.2 Å². The highest BCUT2D eigenvalue weighted by atomic mass is 16.6. The van der Waals surface area contributed by atoms with Gasteiger partial charge in [-0.1, -0.05) is 42.5 Å². The molecule has 0 atom stereocenters. The van der Waals surface area contributed by atoms with Crippen molar-refractivity contribution in [1.29, 1.82) is 0 Å². The van der Waals surface area contributed by atoms with Crippen molar-refractivity contribution in [2.24, 2.45) is 0 Å². The number of nitro benzene ring substituents is 1. The molecule has 2 aromatic carbocycles. The third-order valence-electron chi connectivity index (χ3n) is 3.91. The van der Waals surface area contributed by atoms with Crippen LogP contribution in [0.1, 0.15) is 15.9 Å². The van der Waals surface area contributed by atoms with Gasteiger partial charge in [-0.25, -0.2) is 0 Å². The SMILES string of the molecule is O=C(NCCNc1ccccc1[N+](=O)[O-])c1cnn(Cc2ccccc2)c1. The molecule has 8 heteroatoms. The summed E-state index contributed by atoms with van der Waals surface area (Å²) in [7, 11) is 0. The van der Waals surface area contributed by atoms with Gasteiger partial charge in [0.05, 0.1) is 23.2 Å². The van der Waals surface area contributed by atoms with Crippen molar-refractivity contribution < 1.29 is 9.72 Å². The second-order valence-electron chi connectivity index (χ2n) is 5.87. The molecule has 138 valence electrons. The summed E-state index contributed by atoms with van der Waals surface area (Å²) in [6, 6.07) is 16.2. The average Bonchev–Trinajstić information content (AvgIpc) is 3.14. The molecule has 27 heavy (non-hydrogen) atoms. The number of nitro groups is 1. The molecule has 0 saturated heterocycles. The van der Waals surface area contributed by atoms with Gasteiger partial charge >= 0.3 is 0 Å².